The zero-order valence-corrected chi connectivity index (χ0v) is 12.6. The van der Waals surface area contributed by atoms with E-state index in [4.69, 9.17) is 4.74 Å². The molecule has 23 heavy (non-hydrogen) atoms. The molecule has 1 saturated heterocycles. The molecule has 5 heteroatoms. The Morgan fingerprint density at radius 1 is 1.04 bits per heavy atom. The molecule has 1 atom stereocenters. The van der Waals surface area contributed by atoms with Gasteiger partial charge in [0, 0.05) is 24.6 Å². The van der Waals surface area contributed by atoms with Crippen LogP contribution in [0.15, 0.2) is 54.6 Å². The molecule has 2 N–H and O–H groups in total. The predicted octanol–water partition coefficient (Wildman–Crippen LogP) is 2.94. The quantitative estimate of drug-likeness (QED) is 0.912. The maximum Gasteiger partial charge on any atom is 0.228 e. The lowest BCUT2D eigenvalue weighted by Gasteiger charge is -2.21. The lowest BCUT2D eigenvalue weighted by molar-refractivity contribution is -0.129. The van der Waals surface area contributed by atoms with Gasteiger partial charge in [-0.3, -0.25) is 9.59 Å². The number of hydrogen-bond donors (Lipinski definition) is 2. The molecule has 0 bridgehead atoms. The molecule has 0 aromatic heterocycles. The topological polar surface area (TPSA) is 67.4 Å². The third kappa shape index (κ3) is 4.10. The molecule has 2 aromatic rings. The minimum Gasteiger partial charge on any atom is -0.457 e. The molecule has 1 unspecified atom stereocenters. The van der Waals surface area contributed by atoms with Crippen LogP contribution in [0.1, 0.15) is 12.8 Å². The predicted molar refractivity (Wildman–Crippen MR) is 87.3 cm³/mol. The van der Waals surface area contributed by atoms with Gasteiger partial charge in [-0.1, -0.05) is 18.2 Å². The van der Waals surface area contributed by atoms with Gasteiger partial charge >= 0.3 is 0 Å². The van der Waals surface area contributed by atoms with Crippen molar-refractivity contribution in [2.45, 2.75) is 12.8 Å². The maximum absolute atomic E-state index is 12.2. The van der Waals surface area contributed by atoms with E-state index in [9.17, 15) is 9.59 Å². The Morgan fingerprint density at radius 3 is 2.43 bits per heavy atom. The Kier molecular flexibility index (Phi) is 4.57. The molecule has 2 amide bonds. The summed E-state index contributed by atoms with van der Waals surface area (Å²) in [6.45, 7) is 0.556. The molecule has 1 heterocycles. The Balaban J connectivity index is 1.59. The van der Waals surface area contributed by atoms with E-state index in [-0.39, 0.29) is 24.2 Å². The molecule has 1 fully saturated rings. The van der Waals surface area contributed by atoms with Gasteiger partial charge < -0.3 is 15.4 Å². The van der Waals surface area contributed by atoms with Crippen LogP contribution in [0, 0.1) is 5.92 Å². The van der Waals surface area contributed by atoms with E-state index in [2.05, 4.69) is 10.6 Å². The van der Waals surface area contributed by atoms with Crippen molar-refractivity contribution in [1.29, 1.82) is 0 Å². The van der Waals surface area contributed by atoms with E-state index < -0.39 is 0 Å². The van der Waals surface area contributed by atoms with Crippen LogP contribution in [-0.2, 0) is 9.59 Å². The highest BCUT2D eigenvalue weighted by molar-refractivity contribution is 5.95. The standard InChI is InChI=1S/C18H18N2O3/c21-17-12-13(10-11-19-17)18(22)20-14-6-8-16(9-7-14)23-15-4-2-1-3-5-15/h1-9,13H,10-12H2,(H,19,21)(H,20,22). The van der Waals surface area contributed by atoms with Gasteiger partial charge in [0.2, 0.25) is 11.8 Å². The summed E-state index contributed by atoms with van der Waals surface area (Å²) in [6.07, 6.45) is 0.924. The Labute approximate surface area is 134 Å². The first kappa shape index (κ1) is 15.1. The lowest BCUT2D eigenvalue weighted by atomic mass is 9.96. The largest absolute Gasteiger partial charge is 0.457 e. The van der Waals surface area contributed by atoms with E-state index in [0.717, 1.165) is 5.75 Å². The van der Waals surface area contributed by atoms with E-state index in [1.54, 1.807) is 24.3 Å². The van der Waals surface area contributed by atoms with Gasteiger partial charge in [0.05, 0.1) is 0 Å². The minimum absolute atomic E-state index is 0.0667. The maximum atomic E-state index is 12.2. The highest BCUT2D eigenvalue weighted by atomic mass is 16.5. The summed E-state index contributed by atoms with van der Waals surface area (Å²) in [7, 11) is 0. The van der Waals surface area contributed by atoms with Crippen molar-refractivity contribution in [3.05, 3.63) is 54.6 Å². The summed E-state index contributed by atoms with van der Waals surface area (Å²) >= 11 is 0. The second kappa shape index (κ2) is 6.96. The number of carbonyl (C=O) groups excluding carboxylic acids is 2. The number of anilines is 1. The molecule has 0 radical (unpaired) electrons. The van der Waals surface area contributed by atoms with Gasteiger partial charge in [0.25, 0.3) is 0 Å². The number of carbonyl (C=O) groups is 2. The van der Waals surface area contributed by atoms with Crippen LogP contribution in [0.25, 0.3) is 0 Å². The average Bonchev–Trinajstić information content (AvgIpc) is 2.57. The summed E-state index contributed by atoms with van der Waals surface area (Å²) in [5.41, 5.74) is 0.696. The first-order valence-electron chi connectivity index (χ1n) is 7.61. The molecule has 0 saturated carbocycles. The first-order valence-corrected chi connectivity index (χ1v) is 7.61. The zero-order chi connectivity index (χ0) is 16.1. The number of ether oxygens (including phenoxy) is 1. The van der Waals surface area contributed by atoms with Crippen LogP contribution in [0.2, 0.25) is 0 Å². The van der Waals surface area contributed by atoms with Crippen molar-refractivity contribution < 1.29 is 14.3 Å². The summed E-state index contributed by atoms with van der Waals surface area (Å²) < 4.78 is 5.70. The third-order valence-corrected chi connectivity index (χ3v) is 3.72. The highest BCUT2D eigenvalue weighted by Crippen LogP contribution is 2.23. The molecule has 118 valence electrons. The molecule has 1 aliphatic heterocycles. The molecule has 2 aromatic carbocycles. The number of amides is 2. The SMILES string of the molecule is O=C1CC(C(=O)Nc2ccc(Oc3ccccc3)cc2)CCN1. The van der Waals surface area contributed by atoms with Gasteiger partial charge in [-0.15, -0.1) is 0 Å². The van der Waals surface area contributed by atoms with Crippen molar-refractivity contribution >= 4 is 17.5 Å². The van der Waals surface area contributed by atoms with Gasteiger partial charge in [0.1, 0.15) is 11.5 Å². The number of rotatable bonds is 4. The van der Waals surface area contributed by atoms with Crippen molar-refractivity contribution in [3.63, 3.8) is 0 Å². The Bertz CT molecular complexity index is 683. The molecular weight excluding hydrogens is 292 g/mol. The number of para-hydroxylation sites is 1. The van der Waals surface area contributed by atoms with Gasteiger partial charge in [0.15, 0.2) is 0 Å². The monoisotopic (exact) mass is 310 g/mol. The van der Waals surface area contributed by atoms with Crippen LogP contribution in [-0.4, -0.2) is 18.4 Å². The molecule has 1 aliphatic rings. The number of hydrogen-bond acceptors (Lipinski definition) is 3. The van der Waals surface area contributed by atoms with Crippen molar-refractivity contribution in [3.8, 4) is 11.5 Å². The number of nitrogens with one attached hydrogen (secondary N) is 2. The fourth-order valence-corrected chi connectivity index (χ4v) is 2.48. The minimum atomic E-state index is -0.260. The molecule has 0 aliphatic carbocycles. The molecule has 0 spiro atoms. The summed E-state index contributed by atoms with van der Waals surface area (Å²) in [5.74, 6) is 1.02. The van der Waals surface area contributed by atoms with Crippen molar-refractivity contribution in [2.24, 2.45) is 5.92 Å². The third-order valence-electron chi connectivity index (χ3n) is 3.72. The van der Waals surface area contributed by atoms with Gasteiger partial charge in [-0.25, -0.2) is 0 Å². The number of benzene rings is 2. The molecular formula is C18H18N2O3. The molecule has 3 rings (SSSR count). The van der Waals surface area contributed by atoms with Crippen molar-refractivity contribution in [2.75, 3.05) is 11.9 Å². The van der Waals surface area contributed by atoms with Crippen LogP contribution < -0.4 is 15.4 Å². The van der Waals surface area contributed by atoms with Crippen molar-refractivity contribution in [1.82, 2.24) is 5.32 Å². The highest BCUT2D eigenvalue weighted by Gasteiger charge is 2.25. The van der Waals surface area contributed by atoms with E-state index in [1.165, 1.54) is 0 Å². The normalized spacial score (nSPS) is 17.2. The second-order valence-corrected chi connectivity index (χ2v) is 5.47. The zero-order valence-electron chi connectivity index (χ0n) is 12.6. The van der Waals surface area contributed by atoms with Gasteiger partial charge in [-0.05, 0) is 42.8 Å². The van der Waals surface area contributed by atoms with E-state index in [1.807, 2.05) is 30.3 Å². The van der Waals surface area contributed by atoms with Crippen LogP contribution in [0.4, 0.5) is 5.69 Å². The van der Waals surface area contributed by atoms with E-state index in [0.29, 0.717) is 24.4 Å². The smallest absolute Gasteiger partial charge is 0.228 e. The summed E-state index contributed by atoms with van der Waals surface area (Å²) in [4.78, 5) is 23.5. The van der Waals surface area contributed by atoms with E-state index >= 15 is 0 Å². The molecule has 5 nitrogen and oxygen atoms in total. The Hall–Kier alpha value is -2.82. The second-order valence-electron chi connectivity index (χ2n) is 5.47. The fourth-order valence-electron chi connectivity index (χ4n) is 2.48. The lowest BCUT2D eigenvalue weighted by Crippen LogP contribution is -2.38. The number of piperidine rings is 1. The van der Waals surface area contributed by atoms with Crippen LogP contribution in [0.5, 0.6) is 11.5 Å². The first-order chi connectivity index (χ1) is 11.2. The Morgan fingerprint density at radius 2 is 1.74 bits per heavy atom. The van der Waals surface area contributed by atoms with Crippen LogP contribution in [0.3, 0.4) is 0 Å². The summed E-state index contributed by atoms with van der Waals surface area (Å²) in [6, 6.07) is 16.7. The fraction of sp³-hybridized carbons (Fsp3) is 0.222. The average molecular weight is 310 g/mol. The summed E-state index contributed by atoms with van der Waals surface area (Å²) in [5, 5.41) is 5.57. The van der Waals surface area contributed by atoms with Crippen LogP contribution >= 0.6 is 0 Å². The van der Waals surface area contributed by atoms with Gasteiger partial charge in [-0.2, -0.15) is 0 Å².